The lowest BCUT2D eigenvalue weighted by Crippen LogP contribution is -2.27. The third-order valence-electron chi connectivity index (χ3n) is 2.96. The summed E-state index contributed by atoms with van der Waals surface area (Å²) >= 11 is 0. The second-order valence-electron chi connectivity index (χ2n) is 4.87. The third kappa shape index (κ3) is 4.84. The summed E-state index contributed by atoms with van der Waals surface area (Å²) in [6, 6.07) is 5.24. The van der Waals surface area contributed by atoms with Gasteiger partial charge in [-0.05, 0) is 36.6 Å². The molecule has 2 nitrogen and oxygen atoms in total. The van der Waals surface area contributed by atoms with Crippen molar-refractivity contribution in [2.75, 3.05) is 13.2 Å². The molecule has 1 rings (SSSR count). The van der Waals surface area contributed by atoms with E-state index in [1.165, 1.54) is 12.1 Å². The van der Waals surface area contributed by atoms with Crippen LogP contribution in [0.15, 0.2) is 24.3 Å². The molecule has 0 spiro atoms. The molecule has 1 aromatic rings. The SMILES string of the molecule is CC(C)C(NCCCO)c1ccc(C(F)(F)F)cc1. The van der Waals surface area contributed by atoms with Gasteiger partial charge in [0.1, 0.15) is 0 Å². The average molecular weight is 275 g/mol. The Balaban J connectivity index is 2.80. The lowest BCUT2D eigenvalue weighted by Gasteiger charge is -2.23. The Morgan fingerprint density at radius 3 is 2.16 bits per heavy atom. The van der Waals surface area contributed by atoms with Gasteiger partial charge in [-0.25, -0.2) is 0 Å². The van der Waals surface area contributed by atoms with E-state index < -0.39 is 11.7 Å². The predicted octanol–water partition coefficient (Wildman–Crippen LogP) is 3.37. The summed E-state index contributed by atoms with van der Waals surface area (Å²) in [6.07, 6.45) is -3.67. The largest absolute Gasteiger partial charge is 0.416 e. The van der Waals surface area contributed by atoms with Gasteiger partial charge >= 0.3 is 6.18 Å². The normalized spacial score (nSPS) is 13.8. The summed E-state index contributed by atoms with van der Waals surface area (Å²) in [6.45, 7) is 4.76. The van der Waals surface area contributed by atoms with Gasteiger partial charge in [0.15, 0.2) is 0 Å². The van der Waals surface area contributed by atoms with Crippen LogP contribution < -0.4 is 5.32 Å². The Labute approximate surface area is 111 Å². The number of hydrogen-bond donors (Lipinski definition) is 2. The molecule has 1 unspecified atom stereocenters. The minimum atomic E-state index is -4.30. The maximum atomic E-state index is 12.5. The molecular weight excluding hydrogens is 255 g/mol. The molecule has 5 heteroatoms. The number of rotatable bonds is 6. The molecule has 0 heterocycles. The fraction of sp³-hybridized carbons (Fsp3) is 0.571. The summed E-state index contributed by atoms with van der Waals surface area (Å²) in [4.78, 5) is 0. The smallest absolute Gasteiger partial charge is 0.396 e. The van der Waals surface area contributed by atoms with Crippen molar-refractivity contribution < 1.29 is 18.3 Å². The fourth-order valence-corrected chi connectivity index (χ4v) is 1.95. The molecule has 0 fully saturated rings. The maximum Gasteiger partial charge on any atom is 0.416 e. The zero-order chi connectivity index (χ0) is 14.5. The molecule has 0 aliphatic carbocycles. The van der Waals surface area contributed by atoms with E-state index in [9.17, 15) is 13.2 Å². The minimum absolute atomic E-state index is 0.00571. The molecule has 0 amide bonds. The van der Waals surface area contributed by atoms with Gasteiger partial charge in [-0.15, -0.1) is 0 Å². The van der Waals surface area contributed by atoms with E-state index in [2.05, 4.69) is 5.32 Å². The van der Waals surface area contributed by atoms with Gasteiger partial charge in [0.25, 0.3) is 0 Å². The van der Waals surface area contributed by atoms with Crippen molar-refractivity contribution in [2.45, 2.75) is 32.5 Å². The van der Waals surface area contributed by atoms with Crippen LogP contribution in [-0.4, -0.2) is 18.3 Å². The molecule has 2 N–H and O–H groups in total. The van der Waals surface area contributed by atoms with Crippen molar-refractivity contribution in [3.05, 3.63) is 35.4 Å². The zero-order valence-corrected chi connectivity index (χ0v) is 11.2. The second-order valence-corrected chi connectivity index (χ2v) is 4.87. The first kappa shape index (κ1) is 16.0. The lowest BCUT2D eigenvalue weighted by atomic mass is 9.95. The van der Waals surface area contributed by atoms with Crippen LogP contribution in [0.3, 0.4) is 0 Å². The molecule has 1 aromatic carbocycles. The van der Waals surface area contributed by atoms with Crippen LogP contribution in [0.1, 0.15) is 37.4 Å². The zero-order valence-electron chi connectivity index (χ0n) is 11.2. The van der Waals surface area contributed by atoms with E-state index in [4.69, 9.17) is 5.11 Å². The Morgan fingerprint density at radius 1 is 1.16 bits per heavy atom. The monoisotopic (exact) mass is 275 g/mol. The maximum absolute atomic E-state index is 12.5. The van der Waals surface area contributed by atoms with Crippen LogP contribution in [0.5, 0.6) is 0 Å². The summed E-state index contributed by atoms with van der Waals surface area (Å²) in [5, 5.41) is 12.0. The van der Waals surface area contributed by atoms with Gasteiger partial charge in [0.05, 0.1) is 5.56 Å². The van der Waals surface area contributed by atoms with Gasteiger partial charge in [-0.3, -0.25) is 0 Å². The van der Waals surface area contributed by atoms with E-state index >= 15 is 0 Å². The van der Waals surface area contributed by atoms with Crippen molar-refractivity contribution in [3.8, 4) is 0 Å². The molecule has 0 aliphatic heterocycles. The van der Waals surface area contributed by atoms with E-state index in [1.807, 2.05) is 13.8 Å². The van der Waals surface area contributed by atoms with Crippen LogP contribution in [-0.2, 0) is 6.18 Å². The van der Waals surface area contributed by atoms with Crippen LogP contribution >= 0.6 is 0 Å². The third-order valence-corrected chi connectivity index (χ3v) is 2.96. The summed E-state index contributed by atoms with van der Waals surface area (Å²) in [5.74, 6) is 0.260. The lowest BCUT2D eigenvalue weighted by molar-refractivity contribution is -0.137. The highest BCUT2D eigenvalue weighted by Gasteiger charge is 2.30. The van der Waals surface area contributed by atoms with E-state index in [-0.39, 0.29) is 18.6 Å². The minimum Gasteiger partial charge on any atom is -0.396 e. The van der Waals surface area contributed by atoms with E-state index in [0.717, 1.165) is 17.7 Å². The average Bonchev–Trinajstić information content (AvgIpc) is 2.33. The Kier molecular flexibility index (Phi) is 5.82. The first-order valence-corrected chi connectivity index (χ1v) is 6.37. The number of alkyl halides is 3. The first-order chi connectivity index (χ1) is 8.86. The molecule has 108 valence electrons. The Bertz CT molecular complexity index is 373. The molecule has 0 saturated heterocycles. The molecule has 0 radical (unpaired) electrons. The first-order valence-electron chi connectivity index (χ1n) is 6.37. The predicted molar refractivity (Wildman–Crippen MR) is 68.7 cm³/mol. The molecule has 19 heavy (non-hydrogen) atoms. The highest BCUT2D eigenvalue weighted by molar-refractivity contribution is 5.27. The van der Waals surface area contributed by atoms with Crippen molar-refractivity contribution in [1.82, 2.24) is 5.32 Å². The molecular formula is C14H20F3NO. The molecule has 0 aliphatic rings. The van der Waals surface area contributed by atoms with Crippen molar-refractivity contribution >= 4 is 0 Å². The summed E-state index contributed by atoms with van der Waals surface area (Å²) in [7, 11) is 0. The molecule has 1 atom stereocenters. The van der Waals surface area contributed by atoms with Crippen LogP contribution in [0, 0.1) is 5.92 Å². The number of halogens is 3. The van der Waals surface area contributed by atoms with Gasteiger partial charge < -0.3 is 10.4 Å². The van der Waals surface area contributed by atoms with Crippen LogP contribution in [0.25, 0.3) is 0 Å². The summed E-state index contributed by atoms with van der Waals surface area (Å²) < 4.78 is 37.5. The summed E-state index contributed by atoms with van der Waals surface area (Å²) in [5.41, 5.74) is 0.204. The number of aliphatic hydroxyl groups is 1. The Morgan fingerprint density at radius 2 is 1.74 bits per heavy atom. The van der Waals surface area contributed by atoms with E-state index in [0.29, 0.717) is 13.0 Å². The number of benzene rings is 1. The fourth-order valence-electron chi connectivity index (χ4n) is 1.95. The van der Waals surface area contributed by atoms with Gasteiger partial charge in [-0.1, -0.05) is 26.0 Å². The standard InChI is InChI=1S/C14H20F3NO/c1-10(2)13(18-8-3-9-19)11-4-6-12(7-5-11)14(15,16)17/h4-7,10,13,18-19H,3,8-9H2,1-2H3. The Hall–Kier alpha value is -1.07. The number of aliphatic hydroxyl groups excluding tert-OH is 1. The highest BCUT2D eigenvalue weighted by atomic mass is 19.4. The topological polar surface area (TPSA) is 32.3 Å². The van der Waals surface area contributed by atoms with Gasteiger partial charge in [-0.2, -0.15) is 13.2 Å². The van der Waals surface area contributed by atoms with Crippen molar-refractivity contribution in [3.63, 3.8) is 0 Å². The van der Waals surface area contributed by atoms with Gasteiger partial charge in [0, 0.05) is 12.6 Å². The molecule has 0 saturated carbocycles. The molecule has 0 bridgehead atoms. The van der Waals surface area contributed by atoms with Gasteiger partial charge in [0.2, 0.25) is 0 Å². The number of nitrogens with one attached hydrogen (secondary N) is 1. The molecule has 0 aromatic heterocycles. The number of hydrogen-bond acceptors (Lipinski definition) is 2. The van der Waals surface area contributed by atoms with Crippen molar-refractivity contribution in [2.24, 2.45) is 5.92 Å². The quantitative estimate of drug-likeness (QED) is 0.780. The van der Waals surface area contributed by atoms with Crippen LogP contribution in [0.2, 0.25) is 0 Å². The van der Waals surface area contributed by atoms with Crippen molar-refractivity contribution in [1.29, 1.82) is 0 Å². The van der Waals surface area contributed by atoms with E-state index in [1.54, 1.807) is 0 Å². The second kappa shape index (κ2) is 6.91. The highest BCUT2D eigenvalue weighted by Crippen LogP contribution is 2.31. The van der Waals surface area contributed by atoms with Crippen LogP contribution in [0.4, 0.5) is 13.2 Å².